The van der Waals surface area contributed by atoms with E-state index in [9.17, 15) is 6.48 Å². The molecule has 0 aromatic heterocycles. The molecule has 1 aromatic carbocycles. The van der Waals surface area contributed by atoms with Crippen molar-refractivity contribution in [2.75, 3.05) is 20.6 Å². The highest BCUT2D eigenvalue weighted by atomic mass is 16.5. The third-order valence-electron chi connectivity index (χ3n) is 5.85. The van der Waals surface area contributed by atoms with Crippen molar-refractivity contribution >= 4 is 0 Å². The van der Waals surface area contributed by atoms with E-state index in [-0.39, 0.29) is 11.7 Å². The number of likely N-dealkylation sites (tertiary alicyclic amines) is 1. The summed E-state index contributed by atoms with van der Waals surface area (Å²) in [6.45, 7) is 0.632. The second kappa shape index (κ2) is 4.06. The summed E-state index contributed by atoms with van der Waals surface area (Å²) in [6, 6.07) is 2.45. The number of piperidine rings is 1. The Kier molecular flexibility index (Phi) is 1.65. The van der Waals surface area contributed by atoms with Gasteiger partial charge in [0, 0.05) is 24.3 Å². The fourth-order valence-electron chi connectivity index (χ4n) is 4.90. The number of benzene rings is 1. The summed E-state index contributed by atoms with van der Waals surface area (Å²) >= 11 is 0. The zero-order valence-electron chi connectivity index (χ0n) is 17.3. The Morgan fingerprint density at radius 1 is 1.50 bits per heavy atom. The van der Waals surface area contributed by atoms with Crippen LogP contribution < -0.4 is 9.47 Å². The third-order valence-corrected chi connectivity index (χ3v) is 5.85. The molecule has 0 amide bonds. The first-order chi connectivity index (χ1) is 12.5. The molecule has 2 aliphatic heterocycles. The molecule has 2 bridgehead atoms. The molecular formula is C18H21NO3. The molecule has 1 N–H and O–H groups in total. The zero-order chi connectivity index (χ0) is 19.4. The molecule has 22 heavy (non-hydrogen) atoms. The van der Waals surface area contributed by atoms with E-state index in [1.165, 1.54) is 6.08 Å². The average molecular weight is 304 g/mol. The van der Waals surface area contributed by atoms with Gasteiger partial charge in [0.15, 0.2) is 11.5 Å². The van der Waals surface area contributed by atoms with Crippen molar-refractivity contribution in [3.05, 3.63) is 35.4 Å². The Morgan fingerprint density at radius 3 is 3.27 bits per heavy atom. The number of ether oxygens (including phenoxy) is 2. The highest BCUT2D eigenvalue weighted by molar-refractivity contribution is 5.62. The first kappa shape index (κ1) is 8.94. The molecule has 4 aliphatic rings. The Morgan fingerprint density at radius 2 is 2.41 bits per heavy atom. The first-order valence-electron chi connectivity index (χ1n) is 10.1. The van der Waals surface area contributed by atoms with Crippen LogP contribution >= 0.6 is 0 Å². The van der Waals surface area contributed by atoms with Crippen molar-refractivity contribution in [1.82, 2.24) is 4.90 Å². The van der Waals surface area contributed by atoms with E-state index < -0.39 is 30.7 Å². The third kappa shape index (κ3) is 1.28. The van der Waals surface area contributed by atoms with E-state index in [1.54, 1.807) is 18.2 Å². The SMILES string of the molecule is [2H]C([2H])([2H])Oc1ccc2c3c1OC1C([2H])(O)C=C[C@@H]4[C@@]31CCN(C)[C@]4([2H])C2. The van der Waals surface area contributed by atoms with Gasteiger partial charge in [-0.05, 0) is 38.1 Å². The molecule has 4 heteroatoms. The van der Waals surface area contributed by atoms with Crippen LogP contribution in [0.5, 0.6) is 11.5 Å². The quantitative estimate of drug-likeness (QED) is 0.799. The van der Waals surface area contributed by atoms with Gasteiger partial charge >= 0.3 is 0 Å². The molecule has 1 fully saturated rings. The van der Waals surface area contributed by atoms with Gasteiger partial charge in [0.05, 0.1) is 12.5 Å². The number of likely N-dealkylation sites (N-methyl/N-ethyl adjacent to an activating group) is 1. The molecular weight excluding hydrogens is 278 g/mol. The maximum Gasteiger partial charge on any atom is 0.165 e. The van der Waals surface area contributed by atoms with Gasteiger partial charge in [0.1, 0.15) is 12.2 Å². The van der Waals surface area contributed by atoms with E-state index in [0.29, 0.717) is 25.1 Å². The van der Waals surface area contributed by atoms with Gasteiger partial charge in [0.2, 0.25) is 0 Å². The van der Waals surface area contributed by atoms with E-state index in [0.717, 1.165) is 11.1 Å². The van der Waals surface area contributed by atoms with Crippen LogP contribution in [0.3, 0.4) is 0 Å². The zero-order valence-corrected chi connectivity index (χ0v) is 12.3. The van der Waals surface area contributed by atoms with Crippen LogP contribution in [0, 0.1) is 5.92 Å². The van der Waals surface area contributed by atoms with Gasteiger partial charge in [-0.2, -0.15) is 0 Å². The summed E-state index contributed by atoms with van der Waals surface area (Å²) in [6.07, 6.45) is 1.40. The van der Waals surface area contributed by atoms with Gasteiger partial charge in [-0.15, -0.1) is 0 Å². The molecule has 1 saturated heterocycles. The van der Waals surface area contributed by atoms with Crippen LogP contribution in [0.4, 0.5) is 0 Å². The van der Waals surface area contributed by atoms with Crippen molar-refractivity contribution in [3.8, 4) is 11.5 Å². The lowest BCUT2D eigenvalue weighted by atomic mass is 9.53. The summed E-state index contributed by atoms with van der Waals surface area (Å²) < 4.78 is 51.2. The molecule has 2 heterocycles. The number of methoxy groups -OCH3 is 1. The number of hydrogen-bond donors (Lipinski definition) is 1. The van der Waals surface area contributed by atoms with Crippen molar-refractivity contribution < 1.29 is 21.4 Å². The van der Waals surface area contributed by atoms with Crippen LogP contribution in [0.25, 0.3) is 0 Å². The minimum atomic E-state index is -2.63. The molecule has 2 unspecified atom stereocenters. The molecule has 0 saturated carbocycles. The lowest BCUT2D eigenvalue weighted by Crippen LogP contribution is -2.64. The summed E-state index contributed by atoms with van der Waals surface area (Å²) in [5.74, 6) is 0.138. The summed E-state index contributed by atoms with van der Waals surface area (Å²) in [7, 11) is -0.701. The molecule has 4 nitrogen and oxygen atoms in total. The maximum atomic E-state index is 10.8. The predicted octanol–water partition coefficient (Wildman–Crippen LogP) is 1.50. The Labute approximate surface area is 137 Å². The number of hydrogen-bond acceptors (Lipinski definition) is 4. The van der Waals surface area contributed by atoms with E-state index in [1.807, 2.05) is 11.9 Å². The molecule has 1 aromatic rings. The Bertz CT molecular complexity index is 869. The number of aliphatic hydroxyl groups is 1. The Balaban J connectivity index is 1.79. The number of nitrogens with zero attached hydrogens (tertiary/aromatic N) is 1. The van der Waals surface area contributed by atoms with Crippen molar-refractivity contribution in [3.63, 3.8) is 0 Å². The minimum Gasteiger partial charge on any atom is -0.493 e. The summed E-state index contributed by atoms with van der Waals surface area (Å²) in [4.78, 5) is 2.02. The topological polar surface area (TPSA) is 41.9 Å². The standard InChI is InChI=1S/C18H21NO3/c1-19-8-7-18-11-4-5-13(20)17(18)22-16-14(21-2)6-3-10(15(16)18)9-12(11)19/h3-6,11-13,17,20H,7-9H2,1-2H3/t11-,12+,13?,17?,18-/m0/s1/i2D3,12D,13D. The highest BCUT2D eigenvalue weighted by Gasteiger charge is 2.64. The van der Waals surface area contributed by atoms with Gasteiger partial charge in [-0.25, -0.2) is 0 Å². The van der Waals surface area contributed by atoms with Crippen molar-refractivity contribution in [2.45, 2.75) is 36.5 Å². The van der Waals surface area contributed by atoms with Gasteiger partial charge < -0.3 is 19.5 Å². The minimum absolute atomic E-state index is 0.100. The molecule has 116 valence electrons. The van der Waals surface area contributed by atoms with Crippen LogP contribution in [0.2, 0.25) is 0 Å². The molecule has 2 aliphatic carbocycles. The maximum absolute atomic E-state index is 10.8. The fourth-order valence-corrected chi connectivity index (χ4v) is 4.90. The average Bonchev–Trinajstić information content (AvgIpc) is 2.90. The number of rotatable bonds is 1. The summed E-state index contributed by atoms with van der Waals surface area (Å²) in [5.41, 5.74) is 0.968. The highest BCUT2D eigenvalue weighted by Crippen LogP contribution is 2.62. The van der Waals surface area contributed by atoms with Crippen LogP contribution in [0.15, 0.2) is 24.3 Å². The lowest BCUT2D eigenvalue weighted by molar-refractivity contribution is -0.0453. The Hall–Kier alpha value is -1.52. The smallest absolute Gasteiger partial charge is 0.165 e. The molecule has 0 radical (unpaired) electrons. The molecule has 5 rings (SSSR count). The van der Waals surface area contributed by atoms with Gasteiger partial charge in [0.25, 0.3) is 0 Å². The van der Waals surface area contributed by atoms with Gasteiger partial charge in [-0.3, -0.25) is 0 Å². The van der Waals surface area contributed by atoms with E-state index in [2.05, 4.69) is 0 Å². The largest absolute Gasteiger partial charge is 0.493 e. The first-order valence-corrected chi connectivity index (χ1v) is 7.64. The second-order valence-electron chi connectivity index (χ2n) is 6.67. The molecule has 1 spiro atoms. The van der Waals surface area contributed by atoms with E-state index in [4.69, 9.17) is 15.0 Å². The normalized spacial score (nSPS) is 51.6. The molecule has 5 atom stereocenters. The summed E-state index contributed by atoms with van der Waals surface area (Å²) in [5, 5.41) is 10.8. The lowest BCUT2D eigenvalue weighted by Gasteiger charge is -2.56. The predicted molar refractivity (Wildman–Crippen MR) is 82.5 cm³/mol. The van der Waals surface area contributed by atoms with E-state index >= 15 is 0 Å². The second-order valence-corrected chi connectivity index (χ2v) is 6.67. The van der Waals surface area contributed by atoms with Crippen LogP contribution in [-0.4, -0.2) is 48.8 Å². The van der Waals surface area contributed by atoms with Crippen LogP contribution in [-0.2, 0) is 11.8 Å². The van der Waals surface area contributed by atoms with Gasteiger partial charge in [-0.1, -0.05) is 18.2 Å². The fraction of sp³-hybridized carbons (Fsp3) is 0.556. The van der Waals surface area contributed by atoms with Crippen molar-refractivity contribution in [1.29, 1.82) is 0 Å². The monoisotopic (exact) mass is 304 g/mol. The van der Waals surface area contributed by atoms with Crippen LogP contribution in [0.1, 0.15) is 24.4 Å². The van der Waals surface area contributed by atoms with Crippen molar-refractivity contribution in [2.24, 2.45) is 5.92 Å².